The van der Waals surface area contributed by atoms with E-state index in [1.165, 1.54) is 23.1 Å². The smallest absolute Gasteiger partial charge is 0.229 e. The zero-order valence-corrected chi connectivity index (χ0v) is 16.2. The average molecular weight is 408 g/mol. The highest BCUT2D eigenvalue weighted by atomic mass is 19.1. The van der Waals surface area contributed by atoms with Gasteiger partial charge in [0.05, 0.1) is 24.2 Å². The number of halogens is 1. The number of aromatic nitrogens is 4. The molecule has 0 bridgehead atoms. The number of carbonyl (C=O) groups excluding carboxylic acids is 2. The molecule has 3 aromatic rings. The Morgan fingerprint density at radius 3 is 2.70 bits per heavy atom. The van der Waals surface area contributed by atoms with Crippen LogP contribution in [-0.4, -0.2) is 49.6 Å². The summed E-state index contributed by atoms with van der Waals surface area (Å²) in [5, 5.41) is 6.88. The lowest BCUT2D eigenvalue weighted by Crippen LogP contribution is -2.44. The number of benzene rings is 1. The Kier molecular flexibility index (Phi) is 5.78. The summed E-state index contributed by atoms with van der Waals surface area (Å²) in [5.41, 5.74) is 1.34. The molecule has 0 spiro atoms. The first-order chi connectivity index (χ1) is 14.6. The number of likely N-dealkylation sites (tertiary alicyclic amines) is 1. The van der Waals surface area contributed by atoms with Gasteiger partial charge in [-0.1, -0.05) is 12.1 Å². The van der Waals surface area contributed by atoms with Crippen LogP contribution in [0.3, 0.4) is 0 Å². The van der Waals surface area contributed by atoms with Gasteiger partial charge in [0.2, 0.25) is 11.8 Å². The highest BCUT2D eigenvalue weighted by Crippen LogP contribution is 2.20. The van der Waals surface area contributed by atoms with Crippen molar-refractivity contribution < 1.29 is 14.0 Å². The molecule has 2 aromatic heterocycles. The molecule has 1 aliphatic rings. The van der Waals surface area contributed by atoms with Crippen molar-refractivity contribution >= 4 is 17.5 Å². The van der Waals surface area contributed by atoms with Gasteiger partial charge in [0, 0.05) is 13.1 Å². The van der Waals surface area contributed by atoms with Crippen molar-refractivity contribution in [2.24, 2.45) is 5.92 Å². The molecule has 1 saturated heterocycles. The van der Waals surface area contributed by atoms with E-state index < -0.39 is 0 Å². The summed E-state index contributed by atoms with van der Waals surface area (Å²) in [7, 11) is 0. The predicted molar refractivity (Wildman–Crippen MR) is 107 cm³/mol. The van der Waals surface area contributed by atoms with E-state index in [0.717, 1.165) is 18.4 Å². The number of hydrogen-bond acceptors (Lipinski definition) is 5. The van der Waals surface area contributed by atoms with Crippen molar-refractivity contribution in [1.29, 1.82) is 0 Å². The van der Waals surface area contributed by atoms with E-state index >= 15 is 0 Å². The van der Waals surface area contributed by atoms with E-state index in [1.807, 2.05) is 0 Å². The van der Waals surface area contributed by atoms with Gasteiger partial charge in [-0.25, -0.2) is 19.0 Å². The predicted octanol–water partition coefficient (Wildman–Crippen LogP) is 2.22. The monoisotopic (exact) mass is 408 g/mol. The number of pyridine rings is 1. The zero-order valence-electron chi connectivity index (χ0n) is 16.2. The summed E-state index contributed by atoms with van der Waals surface area (Å²) in [4.78, 5) is 35.2. The molecule has 1 aromatic carbocycles. The van der Waals surface area contributed by atoms with Crippen molar-refractivity contribution in [3.8, 4) is 5.82 Å². The second-order valence-corrected chi connectivity index (χ2v) is 7.22. The van der Waals surface area contributed by atoms with Gasteiger partial charge in [-0.05, 0) is 42.7 Å². The molecule has 0 aliphatic carbocycles. The summed E-state index contributed by atoms with van der Waals surface area (Å²) in [6.07, 6.45) is 6.20. The van der Waals surface area contributed by atoms with Crippen molar-refractivity contribution in [1.82, 2.24) is 24.6 Å². The largest absolute Gasteiger partial charge is 0.342 e. The molecule has 8 nitrogen and oxygen atoms in total. The second kappa shape index (κ2) is 8.81. The van der Waals surface area contributed by atoms with Gasteiger partial charge in [-0.2, -0.15) is 5.10 Å². The minimum absolute atomic E-state index is 0.0574. The van der Waals surface area contributed by atoms with E-state index in [2.05, 4.69) is 20.4 Å². The van der Waals surface area contributed by atoms with Crippen molar-refractivity contribution in [2.75, 3.05) is 18.4 Å². The number of nitrogens with one attached hydrogen (secondary N) is 1. The molecule has 0 saturated carbocycles. The molecule has 1 N–H and O–H groups in total. The van der Waals surface area contributed by atoms with E-state index in [1.54, 1.807) is 41.7 Å². The van der Waals surface area contributed by atoms with Crippen LogP contribution in [0.1, 0.15) is 18.4 Å². The van der Waals surface area contributed by atoms with Crippen LogP contribution in [0.2, 0.25) is 0 Å². The van der Waals surface area contributed by atoms with Crippen LogP contribution >= 0.6 is 0 Å². The summed E-state index contributed by atoms with van der Waals surface area (Å²) in [6.45, 7) is 0.994. The van der Waals surface area contributed by atoms with Gasteiger partial charge in [-0.15, -0.1) is 0 Å². The molecule has 0 radical (unpaired) electrons. The first kappa shape index (κ1) is 19.7. The Hall–Kier alpha value is -3.62. The van der Waals surface area contributed by atoms with Gasteiger partial charge in [0.15, 0.2) is 5.82 Å². The third-order valence-corrected chi connectivity index (χ3v) is 5.08. The number of carbonyl (C=O) groups is 2. The van der Waals surface area contributed by atoms with Crippen LogP contribution in [0.25, 0.3) is 5.82 Å². The minimum Gasteiger partial charge on any atom is -0.342 e. The Morgan fingerprint density at radius 1 is 1.17 bits per heavy atom. The molecule has 2 amide bonds. The molecule has 1 fully saturated rings. The Balaban J connectivity index is 1.34. The minimum atomic E-state index is -0.329. The lowest BCUT2D eigenvalue weighted by molar-refractivity contribution is -0.133. The third kappa shape index (κ3) is 4.68. The van der Waals surface area contributed by atoms with Crippen LogP contribution in [-0.2, 0) is 16.0 Å². The number of anilines is 1. The fourth-order valence-corrected chi connectivity index (χ4v) is 3.47. The van der Waals surface area contributed by atoms with Crippen LogP contribution in [0.4, 0.5) is 10.1 Å². The summed E-state index contributed by atoms with van der Waals surface area (Å²) >= 11 is 0. The van der Waals surface area contributed by atoms with Crippen molar-refractivity contribution in [3.05, 3.63) is 66.6 Å². The topological polar surface area (TPSA) is 93.0 Å². The lowest BCUT2D eigenvalue weighted by atomic mass is 9.96. The number of nitrogens with zero attached hydrogens (tertiary/aromatic N) is 5. The molecule has 1 aliphatic heterocycles. The number of hydrogen-bond donors (Lipinski definition) is 1. The fraction of sp³-hybridized carbons (Fsp3) is 0.286. The second-order valence-electron chi connectivity index (χ2n) is 7.22. The van der Waals surface area contributed by atoms with E-state index in [0.29, 0.717) is 24.6 Å². The maximum Gasteiger partial charge on any atom is 0.229 e. The summed E-state index contributed by atoms with van der Waals surface area (Å²) < 4.78 is 14.6. The average Bonchev–Trinajstić information content (AvgIpc) is 3.31. The molecule has 9 heteroatoms. The Bertz CT molecular complexity index is 1000. The zero-order chi connectivity index (χ0) is 20.9. The first-order valence-corrected chi connectivity index (χ1v) is 9.72. The van der Waals surface area contributed by atoms with Crippen molar-refractivity contribution in [3.63, 3.8) is 0 Å². The van der Waals surface area contributed by atoms with Crippen molar-refractivity contribution in [2.45, 2.75) is 19.3 Å². The Labute approximate surface area is 172 Å². The molecular formula is C21H21FN6O2. The third-order valence-electron chi connectivity index (χ3n) is 5.08. The van der Waals surface area contributed by atoms with Gasteiger partial charge < -0.3 is 10.2 Å². The molecule has 30 heavy (non-hydrogen) atoms. The standard InChI is InChI=1S/C21H21FN6O2/c22-17-5-3-15(4-6-17)10-20(29)27-9-1-2-16(12-27)21(30)26-18-7-8-19(24-11-18)28-14-23-13-25-28/h3-8,11,13-14,16H,1-2,9-10,12H2,(H,26,30)/t16-/m0/s1. The molecular weight excluding hydrogens is 387 g/mol. The summed E-state index contributed by atoms with van der Waals surface area (Å²) in [6, 6.07) is 9.40. The van der Waals surface area contributed by atoms with Crippen LogP contribution in [0, 0.1) is 11.7 Å². The fourth-order valence-electron chi connectivity index (χ4n) is 3.47. The normalized spacial score (nSPS) is 16.3. The van der Waals surface area contributed by atoms with E-state index in [4.69, 9.17) is 0 Å². The first-order valence-electron chi connectivity index (χ1n) is 9.72. The molecule has 4 rings (SSSR count). The maximum absolute atomic E-state index is 13.0. The SMILES string of the molecule is O=C(Nc1ccc(-n2cncn2)nc1)[C@H]1CCCN(C(=O)Cc2ccc(F)cc2)C1. The molecule has 154 valence electrons. The van der Waals surface area contributed by atoms with Gasteiger partial charge in [0.1, 0.15) is 18.5 Å². The number of rotatable bonds is 5. The maximum atomic E-state index is 13.0. The van der Waals surface area contributed by atoms with Crippen LogP contribution in [0.5, 0.6) is 0 Å². The van der Waals surface area contributed by atoms with Crippen LogP contribution in [0.15, 0.2) is 55.2 Å². The highest BCUT2D eigenvalue weighted by Gasteiger charge is 2.28. The van der Waals surface area contributed by atoms with E-state index in [9.17, 15) is 14.0 Å². The van der Waals surface area contributed by atoms with Gasteiger partial charge in [-0.3, -0.25) is 9.59 Å². The van der Waals surface area contributed by atoms with Gasteiger partial charge in [0.25, 0.3) is 0 Å². The quantitative estimate of drug-likeness (QED) is 0.699. The molecule has 0 unspecified atom stereocenters. The highest BCUT2D eigenvalue weighted by molar-refractivity contribution is 5.93. The van der Waals surface area contributed by atoms with Crippen LogP contribution < -0.4 is 5.32 Å². The lowest BCUT2D eigenvalue weighted by Gasteiger charge is -2.32. The van der Waals surface area contributed by atoms with E-state index in [-0.39, 0.29) is 30.0 Å². The number of amides is 2. The van der Waals surface area contributed by atoms with Gasteiger partial charge >= 0.3 is 0 Å². The summed E-state index contributed by atoms with van der Waals surface area (Å²) in [5.74, 6) is -0.209. The Morgan fingerprint density at radius 2 is 2.00 bits per heavy atom. The number of piperidine rings is 1. The molecule has 1 atom stereocenters. The molecule has 3 heterocycles.